The van der Waals surface area contributed by atoms with Crippen molar-refractivity contribution in [2.45, 2.75) is 32.6 Å². The quantitative estimate of drug-likeness (QED) is 0.382. The van der Waals surface area contributed by atoms with Gasteiger partial charge >= 0.3 is 5.97 Å². The Labute approximate surface area is 173 Å². The van der Waals surface area contributed by atoms with Gasteiger partial charge in [-0.05, 0) is 30.7 Å². The molecule has 3 N–H and O–H groups in total. The van der Waals surface area contributed by atoms with E-state index in [1.807, 2.05) is 0 Å². The minimum atomic E-state index is -0.817. The molecule has 0 unspecified atom stereocenters. The smallest absolute Gasteiger partial charge is 0.340 e. The number of esters is 1. The van der Waals surface area contributed by atoms with E-state index in [9.17, 15) is 19.5 Å². The number of aromatic hydroxyl groups is 1. The second-order valence-electron chi connectivity index (χ2n) is 6.92. The summed E-state index contributed by atoms with van der Waals surface area (Å²) in [7, 11) is 0. The molecule has 0 bridgehead atoms. The average molecular weight is 408 g/mol. The van der Waals surface area contributed by atoms with Gasteiger partial charge in [-0.1, -0.05) is 50.5 Å². The fourth-order valence-corrected chi connectivity index (χ4v) is 3.16. The number of rotatable bonds is 8. The summed E-state index contributed by atoms with van der Waals surface area (Å²) >= 11 is 0. The number of nitrogens with one attached hydrogen (secondary N) is 2. The number of carbonyl (C=O) groups excluding carboxylic acids is 2. The van der Waals surface area contributed by atoms with Gasteiger partial charge in [0.05, 0.1) is 23.4 Å². The Balaban J connectivity index is 1.81. The number of anilines is 1. The van der Waals surface area contributed by atoms with Crippen molar-refractivity contribution < 1.29 is 19.4 Å². The number of ether oxygens (including phenoxy) is 1. The first kappa shape index (κ1) is 21.1. The molecule has 156 valence electrons. The van der Waals surface area contributed by atoms with Crippen LogP contribution in [0.3, 0.4) is 0 Å². The van der Waals surface area contributed by atoms with Crippen LogP contribution < -0.4 is 10.9 Å². The number of para-hydroxylation sites is 2. The molecule has 0 aliphatic carbocycles. The van der Waals surface area contributed by atoms with E-state index in [-0.39, 0.29) is 11.3 Å². The highest BCUT2D eigenvalue weighted by atomic mass is 16.5. The molecule has 0 radical (unpaired) electrons. The van der Waals surface area contributed by atoms with Crippen molar-refractivity contribution in [1.29, 1.82) is 0 Å². The molecular weight excluding hydrogens is 384 g/mol. The Morgan fingerprint density at radius 3 is 2.57 bits per heavy atom. The summed E-state index contributed by atoms with van der Waals surface area (Å²) < 4.78 is 5.30. The number of pyridine rings is 1. The van der Waals surface area contributed by atoms with Crippen molar-refractivity contribution in [3.8, 4) is 5.75 Å². The maximum atomic E-state index is 12.8. The number of amides is 1. The van der Waals surface area contributed by atoms with Crippen LogP contribution in [0.4, 0.5) is 5.69 Å². The summed E-state index contributed by atoms with van der Waals surface area (Å²) in [5.41, 5.74) is -0.342. The Kier molecular flexibility index (Phi) is 6.85. The normalized spacial score (nSPS) is 10.7. The Morgan fingerprint density at radius 2 is 1.77 bits per heavy atom. The molecule has 0 fully saturated rings. The molecule has 2 aromatic carbocycles. The van der Waals surface area contributed by atoms with E-state index in [2.05, 4.69) is 17.2 Å². The summed E-state index contributed by atoms with van der Waals surface area (Å²) in [6.07, 6.45) is 3.91. The maximum absolute atomic E-state index is 12.8. The van der Waals surface area contributed by atoms with Crippen LogP contribution in [0.5, 0.6) is 5.75 Å². The SMILES string of the molecule is CCCCCCOC(=O)c1ccccc1NC(=O)c1c(O)c2ccccc2[nH]c1=O. The third-order valence-electron chi connectivity index (χ3n) is 4.75. The van der Waals surface area contributed by atoms with E-state index in [1.165, 1.54) is 12.1 Å². The Bertz CT molecular complexity index is 1120. The molecule has 3 aromatic rings. The van der Waals surface area contributed by atoms with Gasteiger partial charge in [-0.3, -0.25) is 9.59 Å². The number of aromatic amines is 1. The predicted molar refractivity (Wildman–Crippen MR) is 115 cm³/mol. The predicted octanol–water partition coefficient (Wildman–Crippen LogP) is 4.22. The van der Waals surface area contributed by atoms with Gasteiger partial charge in [0, 0.05) is 5.39 Å². The van der Waals surface area contributed by atoms with Crippen molar-refractivity contribution in [2.24, 2.45) is 0 Å². The second kappa shape index (κ2) is 9.73. The number of carbonyl (C=O) groups is 2. The molecule has 7 nitrogen and oxygen atoms in total. The van der Waals surface area contributed by atoms with Crippen LogP contribution in [0.2, 0.25) is 0 Å². The van der Waals surface area contributed by atoms with Crippen molar-refractivity contribution >= 4 is 28.5 Å². The lowest BCUT2D eigenvalue weighted by Gasteiger charge is -2.12. The molecule has 1 heterocycles. The highest BCUT2D eigenvalue weighted by Gasteiger charge is 2.21. The van der Waals surface area contributed by atoms with E-state index in [0.717, 1.165) is 25.7 Å². The number of hydrogen-bond donors (Lipinski definition) is 3. The van der Waals surface area contributed by atoms with E-state index in [1.54, 1.807) is 36.4 Å². The Hall–Kier alpha value is -3.61. The number of fused-ring (bicyclic) bond motifs is 1. The molecule has 0 aliphatic rings. The number of hydrogen-bond acceptors (Lipinski definition) is 5. The zero-order valence-electron chi connectivity index (χ0n) is 16.7. The molecule has 1 aromatic heterocycles. The van der Waals surface area contributed by atoms with Crippen LogP contribution >= 0.6 is 0 Å². The minimum absolute atomic E-state index is 0.179. The first-order chi connectivity index (χ1) is 14.5. The second-order valence-corrected chi connectivity index (χ2v) is 6.92. The van der Waals surface area contributed by atoms with E-state index >= 15 is 0 Å². The fourth-order valence-electron chi connectivity index (χ4n) is 3.16. The number of H-pyrrole nitrogens is 1. The largest absolute Gasteiger partial charge is 0.506 e. The first-order valence-electron chi connectivity index (χ1n) is 9.94. The third kappa shape index (κ3) is 4.68. The number of aromatic nitrogens is 1. The van der Waals surface area contributed by atoms with E-state index in [4.69, 9.17) is 4.74 Å². The molecule has 7 heteroatoms. The van der Waals surface area contributed by atoms with Gasteiger partial charge in [0.1, 0.15) is 11.3 Å². The van der Waals surface area contributed by atoms with Crippen LogP contribution in [-0.4, -0.2) is 28.6 Å². The molecule has 0 saturated heterocycles. The molecule has 1 amide bonds. The summed E-state index contributed by atoms with van der Waals surface area (Å²) in [5.74, 6) is -1.79. The van der Waals surface area contributed by atoms with Crippen molar-refractivity contribution in [2.75, 3.05) is 11.9 Å². The summed E-state index contributed by atoms with van der Waals surface area (Å²) in [5, 5.41) is 13.4. The lowest BCUT2D eigenvalue weighted by atomic mass is 10.1. The Morgan fingerprint density at radius 1 is 1.03 bits per heavy atom. The summed E-state index contributed by atoms with van der Waals surface area (Å²) in [4.78, 5) is 40.1. The van der Waals surface area contributed by atoms with Gasteiger partial charge in [-0.2, -0.15) is 0 Å². The van der Waals surface area contributed by atoms with Crippen molar-refractivity contribution in [3.63, 3.8) is 0 Å². The van der Waals surface area contributed by atoms with E-state index < -0.39 is 28.7 Å². The minimum Gasteiger partial charge on any atom is -0.506 e. The maximum Gasteiger partial charge on any atom is 0.340 e. The van der Waals surface area contributed by atoms with Crippen LogP contribution in [0, 0.1) is 0 Å². The van der Waals surface area contributed by atoms with Crippen LogP contribution in [0.1, 0.15) is 53.3 Å². The molecule has 0 atom stereocenters. The van der Waals surface area contributed by atoms with E-state index in [0.29, 0.717) is 17.5 Å². The summed E-state index contributed by atoms with van der Waals surface area (Å²) in [6, 6.07) is 13.0. The standard InChI is InChI=1S/C23H24N2O5/c1-2-3-4-9-14-30-23(29)16-11-6-8-13-18(16)25-22(28)19-20(26)15-10-5-7-12-17(15)24-21(19)27/h5-8,10-13H,2-4,9,14H2,1H3,(H,25,28)(H2,24,26,27). The lowest BCUT2D eigenvalue weighted by molar-refractivity contribution is 0.0499. The first-order valence-corrected chi connectivity index (χ1v) is 9.94. The molecule has 30 heavy (non-hydrogen) atoms. The topological polar surface area (TPSA) is 108 Å². The molecule has 0 spiro atoms. The molecule has 0 saturated carbocycles. The highest BCUT2D eigenvalue weighted by molar-refractivity contribution is 6.11. The monoisotopic (exact) mass is 408 g/mol. The molecule has 3 rings (SSSR count). The fraction of sp³-hybridized carbons (Fsp3) is 0.261. The van der Waals surface area contributed by atoms with Crippen molar-refractivity contribution in [1.82, 2.24) is 4.98 Å². The van der Waals surface area contributed by atoms with Crippen LogP contribution in [-0.2, 0) is 4.74 Å². The lowest BCUT2D eigenvalue weighted by Crippen LogP contribution is -2.24. The van der Waals surface area contributed by atoms with Gasteiger partial charge in [0.25, 0.3) is 11.5 Å². The van der Waals surface area contributed by atoms with Gasteiger partial charge < -0.3 is 20.1 Å². The zero-order valence-corrected chi connectivity index (χ0v) is 16.7. The van der Waals surface area contributed by atoms with Gasteiger partial charge in [0.15, 0.2) is 0 Å². The van der Waals surface area contributed by atoms with Gasteiger partial charge in [-0.25, -0.2) is 4.79 Å². The van der Waals surface area contributed by atoms with Crippen LogP contribution in [0.25, 0.3) is 10.9 Å². The highest BCUT2D eigenvalue weighted by Crippen LogP contribution is 2.26. The van der Waals surface area contributed by atoms with Gasteiger partial charge in [-0.15, -0.1) is 0 Å². The van der Waals surface area contributed by atoms with Gasteiger partial charge in [0.2, 0.25) is 0 Å². The number of benzene rings is 2. The third-order valence-corrected chi connectivity index (χ3v) is 4.75. The molecular formula is C23H24N2O5. The summed E-state index contributed by atoms with van der Waals surface area (Å²) in [6.45, 7) is 2.40. The average Bonchev–Trinajstić information content (AvgIpc) is 2.74. The van der Waals surface area contributed by atoms with Crippen molar-refractivity contribution in [3.05, 3.63) is 70.0 Å². The molecule has 0 aliphatic heterocycles. The zero-order chi connectivity index (χ0) is 21.5. The number of unbranched alkanes of at least 4 members (excludes halogenated alkanes) is 3. The van der Waals surface area contributed by atoms with Crippen LogP contribution in [0.15, 0.2) is 53.3 Å².